The highest BCUT2D eigenvalue weighted by molar-refractivity contribution is 7.89. The minimum Gasteiger partial charge on any atom is -0.338 e. The van der Waals surface area contributed by atoms with Crippen molar-refractivity contribution in [2.24, 2.45) is 5.14 Å². The van der Waals surface area contributed by atoms with E-state index >= 15 is 0 Å². The minimum atomic E-state index is -3.68. The van der Waals surface area contributed by atoms with E-state index in [1.165, 1.54) is 12.1 Å². The Morgan fingerprint density at radius 1 is 1.13 bits per heavy atom. The molecule has 6 nitrogen and oxygen atoms in total. The van der Waals surface area contributed by atoms with Gasteiger partial charge in [-0.15, -0.1) is 0 Å². The van der Waals surface area contributed by atoms with E-state index in [1.807, 2.05) is 0 Å². The quantitative estimate of drug-likeness (QED) is 0.768. The lowest BCUT2D eigenvalue weighted by atomic mass is 10.1. The second kappa shape index (κ2) is 7.45. The fraction of sp³-hybridized carbons (Fsp3) is 0.133. The molecule has 0 aliphatic rings. The monoisotopic (exact) mass is 353 g/mol. The summed E-state index contributed by atoms with van der Waals surface area (Å²) in [5.74, 6) is 0. The number of benzene rings is 2. The lowest BCUT2D eigenvalue weighted by molar-refractivity contribution is 0.252. The van der Waals surface area contributed by atoms with Crippen LogP contribution < -0.4 is 15.8 Å². The van der Waals surface area contributed by atoms with E-state index in [-0.39, 0.29) is 10.9 Å². The van der Waals surface area contributed by atoms with Crippen molar-refractivity contribution in [3.63, 3.8) is 0 Å². The molecule has 0 spiro atoms. The van der Waals surface area contributed by atoms with Gasteiger partial charge in [-0.1, -0.05) is 29.8 Å². The van der Waals surface area contributed by atoms with Crippen LogP contribution in [-0.4, -0.2) is 21.0 Å². The summed E-state index contributed by atoms with van der Waals surface area (Å²) in [4.78, 5) is 11.8. The van der Waals surface area contributed by atoms with Gasteiger partial charge >= 0.3 is 6.03 Å². The van der Waals surface area contributed by atoms with Crippen molar-refractivity contribution < 1.29 is 13.2 Å². The number of rotatable bonds is 5. The van der Waals surface area contributed by atoms with Crippen molar-refractivity contribution in [1.82, 2.24) is 5.32 Å². The summed E-state index contributed by atoms with van der Waals surface area (Å²) in [5, 5.41) is 10.9. The van der Waals surface area contributed by atoms with E-state index < -0.39 is 10.0 Å². The van der Waals surface area contributed by atoms with Gasteiger partial charge in [0.2, 0.25) is 10.0 Å². The maximum atomic E-state index is 11.7. The number of amides is 2. The molecule has 23 heavy (non-hydrogen) atoms. The van der Waals surface area contributed by atoms with Crippen LogP contribution >= 0.6 is 11.6 Å². The molecule has 0 unspecified atom stereocenters. The smallest absolute Gasteiger partial charge is 0.319 e. The van der Waals surface area contributed by atoms with Crippen molar-refractivity contribution in [2.75, 3.05) is 11.9 Å². The molecule has 0 saturated carbocycles. The predicted molar refractivity (Wildman–Crippen MR) is 90.0 cm³/mol. The number of primary sulfonamides is 1. The van der Waals surface area contributed by atoms with Crippen LogP contribution in [-0.2, 0) is 16.4 Å². The van der Waals surface area contributed by atoms with Crippen molar-refractivity contribution >= 4 is 33.3 Å². The van der Waals surface area contributed by atoms with Crippen molar-refractivity contribution in [1.29, 1.82) is 0 Å². The van der Waals surface area contributed by atoms with E-state index in [0.29, 0.717) is 23.7 Å². The summed E-state index contributed by atoms with van der Waals surface area (Å²) in [5.41, 5.74) is 1.49. The molecular formula is C15H16ClN3O3S. The third kappa shape index (κ3) is 5.55. The van der Waals surface area contributed by atoms with Gasteiger partial charge in [-0.3, -0.25) is 0 Å². The van der Waals surface area contributed by atoms with Gasteiger partial charge in [-0.25, -0.2) is 18.4 Å². The average Bonchev–Trinajstić information content (AvgIpc) is 2.47. The number of anilines is 1. The Morgan fingerprint density at radius 2 is 1.83 bits per heavy atom. The number of nitrogens with one attached hydrogen (secondary N) is 2. The average molecular weight is 354 g/mol. The SMILES string of the molecule is NS(=O)(=O)c1ccc(CCNC(=O)Nc2cccc(Cl)c2)cc1. The van der Waals surface area contributed by atoms with Gasteiger partial charge in [-0.2, -0.15) is 0 Å². The first-order valence-electron chi connectivity index (χ1n) is 6.77. The van der Waals surface area contributed by atoms with Crippen LogP contribution in [0.1, 0.15) is 5.56 Å². The van der Waals surface area contributed by atoms with Crippen LogP contribution in [0, 0.1) is 0 Å². The first-order valence-corrected chi connectivity index (χ1v) is 8.69. The van der Waals surface area contributed by atoms with Crippen molar-refractivity contribution in [3.05, 3.63) is 59.1 Å². The number of urea groups is 1. The molecule has 0 fully saturated rings. The highest BCUT2D eigenvalue weighted by atomic mass is 35.5. The predicted octanol–water partition coefficient (Wildman–Crippen LogP) is 2.35. The Morgan fingerprint density at radius 3 is 2.43 bits per heavy atom. The van der Waals surface area contributed by atoms with Gasteiger partial charge < -0.3 is 10.6 Å². The Kier molecular flexibility index (Phi) is 5.59. The Labute approximate surface area is 139 Å². The highest BCUT2D eigenvalue weighted by Crippen LogP contribution is 2.14. The number of nitrogens with two attached hydrogens (primary N) is 1. The molecule has 0 heterocycles. The third-order valence-corrected chi connectivity index (χ3v) is 4.20. The van der Waals surface area contributed by atoms with Gasteiger partial charge in [0.1, 0.15) is 0 Å². The fourth-order valence-corrected chi connectivity index (χ4v) is 2.61. The Bertz CT molecular complexity index is 792. The maximum absolute atomic E-state index is 11.7. The zero-order valence-corrected chi connectivity index (χ0v) is 13.7. The largest absolute Gasteiger partial charge is 0.338 e. The fourth-order valence-electron chi connectivity index (χ4n) is 1.91. The third-order valence-electron chi connectivity index (χ3n) is 3.03. The zero-order chi connectivity index (χ0) is 16.9. The molecule has 0 saturated heterocycles. The Balaban J connectivity index is 1.81. The van der Waals surface area contributed by atoms with Gasteiger partial charge in [0.25, 0.3) is 0 Å². The number of carbonyl (C=O) groups is 1. The van der Waals surface area contributed by atoms with E-state index in [1.54, 1.807) is 36.4 Å². The maximum Gasteiger partial charge on any atom is 0.319 e. The molecule has 0 radical (unpaired) electrons. The summed E-state index contributed by atoms with van der Waals surface area (Å²) in [6.07, 6.45) is 0.563. The number of halogens is 1. The molecule has 0 bridgehead atoms. The molecule has 8 heteroatoms. The van der Waals surface area contributed by atoms with Crippen LogP contribution in [0.25, 0.3) is 0 Å². The number of hydrogen-bond donors (Lipinski definition) is 3. The molecule has 122 valence electrons. The van der Waals surface area contributed by atoms with E-state index in [0.717, 1.165) is 5.56 Å². The molecule has 0 aliphatic carbocycles. The topological polar surface area (TPSA) is 101 Å². The number of sulfonamides is 1. The molecule has 0 atom stereocenters. The molecule has 2 rings (SSSR count). The second-order valence-electron chi connectivity index (χ2n) is 4.83. The van der Waals surface area contributed by atoms with Crippen LogP contribution in [0.4, 0.5) is 10.5 Å². The van der Waals surface area contributed by atoms with E-state index in [2.05, 4.69) is 10.6 Å². The number of carbonyl (C=O) groups excluding carboxylic acids is 1. The van der Waals surface area contributed by atoms with Gasteiger partial charge in [0.05, 0.1) is 4.90 Å². The second-order valence-corrected chi connectivity index (χ2v) is 6.83. The molecular weight excluding hydrogens is 338 g/mol. The summed E-state index contributed by atoms with van der Waals surface area (Å²) in [7, 11) is -3.68. The normalized spacial score (nSPS) is 11.0. The van der Waals surface area contributed by atoms with Crippen LogP contribution in [0.2, 0.25) is 5.02 Å². The van der Waals surface area contributed by atoms with E-state index in [4.69, 9.17) is 16.7 Å². The highest BCUT2D eigenvalue weighted by Gasteiger charge is 2.07. The molecule has 0 aliphatic heterocycles. The summed E-state index contributed by atoms with van der Waals surface area (Å²) < 4.78 is 22.3. The summed E-state index contributed by atoms with van der Waals surface area (Å²) in [6, 6.07) is 12.7. The van der Waals surface area contributed by atoms with E-state index in [9.17, 15) is 13.2 Å². The first-order chi connectivity index (χ1) is 10.8. The molecule has 2 amide bonds. The first kappa shape index (κ1) is 17.3. The van der Waals surface area contributed by atoms with Crippen LogP contribution in [0.15, 0.2) is 53.4 Å². The summed E-state index contributed by atoms with van der Waals surface area (Å²) >= 11 is 5.83. The lowest BCUT2D eigenvalue weighted by Gasteiger charge is -2.08. The van der Waals surface area contributed by atoms with Gasteiger partial charge in [0.15, 0.2) is 0 Å². The zero-order valence-electron chi connectivity index (χ0n) is 12.1. The standard InChI is InChI=1S/C15H16ClN3O3S/c16-12-2-1-3-13(10-12)19-15(20)18-9-8-11-4-6-14(7-5-11)23(17,21)22/h1-7,10H,8-9H2,(H2,17,21,22)(H2,18,19,20). The molecule has 2 aromatic carbocycles. The van der Waals surface area contributed by atoms with Gasteiger partial charge in [-0.05, 0) is 42.3 Å². The minimum absolute atomic E-state index is 0.0629. The van der Waals surface area contributed by atoms with Crippen molar-refractivity contribution in [3.8, 4) is 0 Å². The lowest BCUT2D eigenvalue weighted by Crippen LogP contribution is -2.30. The van der Waals surface area contributed by atoms with Crippen LogP contribution in [0.5, 0.6) is 0 Å². The summed E-state index contributed by atoms with van der Waals surface area (Å²) in [6.45, 7) is 0.404. The number of hydrogen-bond acceptors (Lipinski definition) is 3. The van der Waals surface area contributed by atoms with Crippen molar-refractivity contribution in [2.45, 2.75) is 11.3 Å². The molecule has 4 N–H and O–H groups in total. The molecule has 0 aromatic heterocycles. The van der Waals surface area contributed by atoms with Gasteiger partial charge in [0, 0.05) is 17.3 Å². The van der Waals surface area contributed by atoms with Crippen LogP contribution in [0.3, 0.4) is 0 Å². The Hall–Kier alpha value is -2.09. The molecule has 2 aromatic rings.